The fourth-order valence-corrected chi connectivity index (χ4v) is 3.40. The topological polar surface area (TPSA) is 79.0 Å². The summed E-state index contributed by atoms with van der Waals surface area (Å²) in [7, 11) is -3.23. The van der Waals surface area contributed by atoms with Gasteiger partial charge in [-0.25, -0.2) is 12.8 Å². The molecule has 1 atom stereocenters. The Labute approximate surface area is 150 Å². The standard InChI is InChI=1S/C19H19FN2O3S/c1-12(13-6-8-15(9-7-13)26(2,24)25)21-11-14-10-18(23)16-4-3-5-17(20)19(16)22-14/h3-10,12,21H,11H2,1-2H3,(H,22,23)/t12-/m1/s1. The van der Waals surface area contributed by atoms with E-state index in [1.807, 2.05) is 6.92 Å². The summed E-state index contributed by atoms with van der Waals surface area (Å²) in [6, 6.07) is 12.4. The van der Waals surface area contributed by atoms with Gasteiger partial charge >= 0.3 is 0 Å². The molecule has 0 unspecified atom stereocenters. The van der Waals surface area contributed by atoms with E-state index >= 15 is 0 Å². The molecule has 0 aliphatic carbocycles. The Morgan fingerprint density at radius 2 is 1.85 bits per heavy atom. The number of nitrogens with one attached hydrogen (secondary N) is 2. The zero-order chi connectivity index (χ0) is 18.9. The number of halogens is 1. The van der Waals surface area contributed by atoms with Crippen LogP contribution in [0.5, 0.6) is 0 Å². The van der Waals surface area contributed by atoms with Crippen molar-refractivity contribution in [2.24, 2.45) is 0 Å². The maximum atomic E-state index is 13.9. The molecule has 0 saturated heterocycles. The monoisotopic (exact) mass is 374 g/mol. The second kappa shape index (κ2) is 7.01. The van der Waals surface area contributed by atoms with Crippen LogP contribution >= 0.6 is 0 Å². The highest BCUT2D eigenvalue weighted by atomic mass is 32.2. The molecule has 3 aromatic rings. The first kappa shape index (κ1) is 18.3. The number of benzene rings is 2. The van der Waals surface area contributed by atoms with Crippen molar-refractivity contribution in [1.29, 1.82) is 0 Å². The highest BCUT2D eigenvalue weighted by Crippen LogP contribution is 2.17. The Morgan fingerprint density at radius 1 is 1.15 bits per heavy atom. The van der Waals surface area contributed by atoms with Crippen LogP contribution in [0.1, 0.15) is 24.2 Å². The van der Waals surface area contributed by atoms with Crippen molar-refractivity contribution in [2.45, 2.75) is 24.4 Å². The number of pyridine rings is 1. The molecule has 0 fully saturated rings. The zero-order valence-electron chi connectivity index (χ0n) is 14.4. The number of rotatable bonds is 5. The summed E-state index contributed by atoms with van der Waals surface area (Å²) in [6.07, 6.45) is 1.17. The van der Waals surface area contributed by atoms with Crippen molar-refractivity contribution in [3.63, 3.8) is 0 Å². The normalized spacial score (nSPS) is 13.0. The second-order valence-electron chi connectivity index (χ2n) is 6.27. The second-order valence-corrected chi connectivity index (χ2v) is 8.28. The van der Waals surface area contributed by atoms with E-state index in [2.05, 4.69) is 10.3 Å². The molecular formula is C19H19FN2O3S. The maximum absolute atomic E-state index is 13.9. The van der Waals surface area contributed by atoms with E-state index in [0.29, 0.717) is 17.6 Å². The van der Waals surface area contributed by atoms with E-state index in [1.54, 1.807) is 30.3 Å². The minimum atomic E-state index is -3.23. The van der Waals surface area contributed by atoms with E-state index in [4.69, 9.17) is 0 Å². The lowest BCUT2D eigenvalue weighted by atomic mass is 10.1. The van der Waals surface area contributed by atoms with Crippen LogP contribution in [-0.2, 0) is 16.4 Å². The Kier molecular flexibility index (Phi) is 4.93. The molecule has 2 aromatic carbocycles. The molecule has 7 heteroatoms. The lowest BCUT2D eigenvalue weighted by Crippen LogP contribution is -2.20. The highest BCUT2D eigenvalue weighted by molar-refractivity contribution is 7.90. The summed E-state index contributed by atoms with van der Waals surface area (Å²) in [5, 5.41) is 3.56. The number of sulfone groups is 1. The van der Waals surface area contributed by atoms with E-state index in [-0.39, 0.29) is 21.9 Å². The molecule has 1 aromatic heterocycles. The van der Waals surface area contributed by atoms with Crippen LogP contribution in [0, 0.1) is 5.82 Å². The van der Waals surface area contributed by atoms with Gasteiger partial charge < -0.3 is 10.3 Å². The lowest BCUT2D eigenvalue weighted by molar-refractivity contribution is 0.567. The highest BCUT2D eigenvalue weighted by Gasteiger charge is 2.11. The van der Waals surface area contributed by atoms with Gasteiger partial charge in [0.15, 0.2) is 15.3 Å². The van der Waals surface area contributed by atoms with Crippen molar-refractivity contribution in [3.05, 3.63) is 75.8 Å². The van der Waals surface area contributed by atoms with Gasteiger partial charge in [-0.2, -0.15) is 0 Å². The van der Waals surface area contributed by atoms with Crippen LogP contribution in [0.4, 0.5) is 4.39 Å². The molecule has 1 heterocycles. The quantitative estimate of drug-likeness (QED) is 0.720. The Morgan fingerprint density at radius 3 is 2.50 bits per heavy atom. The van der Waals surface area contributed by atoms with Crippen LogP contribution in [0.15, 0.2) is 58.2 Å². The van der Waals surface area contributed by atoms with E-state index < -0.39 is 15.7 Å². The fraction of sp³-hybridized carbons (Fsp3) is 0.211. The van der Waals surface area contributed by atoms with Gasteiger partial charge in [0.05, 0.1) is 10.4 Å². The number of para-hydroxylation sites is 1. The molecule has 0 amide bonds. The molecule has 3 rings (SSSR count). The van der Waals surface area contributed by atoms with Gasteiger partial charge in [-0.3, -0.25) is 4.79 Å². The molecular weight excluding hydrogens is 355 g/mol. The maximum Gasteiger partial charge on any atom is 0.189 e. The first-order valence-corrected chi connectivity index (χ1v) is 9.98. The smallest absolute Gasteiger partial charge is 0.189 e. The summed E-state index contributed by atoms with van der Waals surface area (Å²) in [5.41, 5.74) is 1.45. The molecule has 0 spiro atoms. The lowest BCUT2D eigenvalue weighted by Gasteiger charge is -2.15. The van der Waals surface area contributed by atoms with Crippen LogP contribution in [0.25, 0.3) is 10.9 Å². The van der Waals surface area contributed by atoms with Crippen molar-refractivity contribution < 1.29 is 12.8 Å². The molecule has 0 aliphatic rings. The van der Waals surface area contributed by atoms with E-state index in [1.165, 1.54) is 24.5 Å². The van der Waals surface area contributed by atoms with Crippen LogP contribution in [0.2, 0.25) is 0 Å². The van der Waals surface area contributed by atoms with Gasteiger partial charge in [-0.05, 0) is 36.8 Å². The van der Waals surface area contributed by atoms with Crippen molar-refractivity contribution in [3.8, 4) is 0 Å². The third-order valence-electron chi connectivity index (χ3n) is 4.28. The van der Waals surface area contributed by atoms with Crippen LogP contribution in [0.3, 0.4) is 0 Å². The minimum Gasteiger partial charge on any atom is -0.355 e. The molecule has 0 radical (unpaired) electrons. The van der Waals surface area contributed by atoms with Crippen molar-refractivity contribution >= 4 is 20.7 Å². The first-order valence-electron chi connectivity index (χ1n) is 8.09. The van der Waals surface area contributed by atoms with Gasteiger partial charge in [0, 0.05) is 36.0 Å². The first-order chi connectivity index (χ1) is 12.3. The molecule has 0 aliphatic heterocycles. The van der Waals surface area contributed by atoms with E-state index in [9.17, 15) is 17.6 Å². The number of aromatic nitrogens is 1. The largest absolute Gasteiger partial charge is 0.355 e. The molecule has 2 N–H and O–H groups in total. The average Bonchev–Trinajstić information content (AvgIpc) is 2.60. The van der Waals surface area contributed by atoms with Gasteiger partial charge in [-0.15, -0.1) is 0 Å². The molecule has 0 bridgehead atoms. The minimum absolute atomic E-state index is 0.0802. The summed E-state index contributed by atoms with van der Waals surface area (Å²) >= 11 is 0. The Balaban J connectivity index is 1.77. The summed E-state index contributed by atoms with van der Waals surface area (Å²) in [4.78, 5) is 15.3. The number of hydrogen-bond acceptors (Lipinski definition) is 4. The molecule has 136 valence electrons. The Hall–Kier alpha value is -2.51. The zero-order valence-corrected chi connectivity index (χ0v) is 15.2. The molecule has 0 saturated carbocycles. The van der Waals surface area contributed by atoms with Gasteiger partial charge in [0.2, 0.25) is 0 Å². The number of hydrogen-bond donors (Lipinski definition) is 2. The number of fused-ring (bicyclic) bond motifs is 1. The van der Waals surface area contributed by atoms with Crippen LogP contribution in [-0.4, -0.2) is 19.7 Å². The predicted octanol–water partition coefficient (Wildman–Crippen LogP) is 2.92. The number of aromatic amines is 1. The average molecular weight is 374 g/mol. The van der Waals surface area contributed by atoms with Crippen LogP contribution < -0.4 is 10.7 Å². The third-order valence-corrected chi connectivity index (χ3v) is 5.41. The van der Waals surface area contributed by atoms with Gasteiger partial charge in [0.25, 0.3) is 0 Å². The summed E-state index contributed by atoms with van der Waals surface area (Å²) in [6.45, 7) is 2.27. The fourth-order valence-electron chi connectivity index (χ4n) is 2.77. The van der Waals surface area contributed by atoms with Gasteiger partial charge in [-0.1, -0.05) is 18.2 Å². The van der Waals surface area contributed by atoms with Gasteiger partial charge in [0.1, 0.15) is 5.82 Å². The SMILES string of the molecule is C[C@@H](NCc1cc(=O)c2cccc(F)c2[nH]1)c1ccc(S(C)(=O)=O)cc1. The molecule has 26 heavy (non-hydrogen) atoms. The number of H-pyrrole nitrogens is 1. The Bertz CT molecular complexity index is 1110. The molecule has 5 nitrogen and oxygen atoms in total. The third kappa shape index (κ3) is 3.84. The summed E-state index contributed by atoms with van der Waals surface area (Å²) in [5.74, 6) is -0.467. The summed E-state index contributed by atoms with van der Waals surface area (Å²) < 4.78 is 36.9. The van der Waals surface area contributed by atoms with E-state index in [0.717, 1.165) is 5.56 Å². The predicted molar refractivity (Wildman–Crippen MR) is 99.3 cm³/mol. The van der Waals surface area contributed by atoms with Crippen molar-refractivity contribution in [2.75, 3.05) is 6.26 Å². The van der Waals surface area contributed by atoms with Crippen molar-refractivity contribution in [1.82, 2.24) is 10.3 Å².